The molecule has 1 heteroatoms. The third-order valence-electron chi connectivity index (χ3n) is 7.64. The van der Waals surface area contributed by atoms with Crippen molar-refractivity contribution in [3.05, 3.63) is 0 Å². The zero-order valence-electron chi connectivity index (χ0n) is 17.1. The van der Waals surface area contributed by atoms with Crippen molar-refractivity contribution in [1.82, 2.24) is 0 Å². The van der Waals surface area contributed by atoms with Crippen molar-refractivity contribution in [1.29, 1.82) is 0 Å². The molecule has 0 saturated heterocycles. The van der Waals surface area contributed by atoms with Gasteiger partial charge >= 0.3 is 141 Å². The maximum atomic E-state index is 2.49. The van der Waals surface area contributed by atoms with Crippen LogP contribution in [0.2, 0.25) is 25.1 Å². The van der Waals surface area contributed by atoms with Gasteiger partial charge in [0, 0.05) is 0 Å². The van der Waals surface area contributed by atoms with E-state index in [1.165, 1.54) is 57.8 Å². The average molecular weight is 479 g/mol. The molecule has 0 saturated carbocycles. The Morgan fingerprint density at radius 1 is 0.364 bits per heavy atom. The van der Waals surface area contributed by atoms with E-state index >= 15 is 0 Å². The minimum absolute atomic E-state index is 1.41. The van der Waals surface area contributed by atoms with Gasteiger partial charge in [-0.25, -0.2) is 0 Å². The SMILES string of the molecule is CCC[CH2][Hf]([CH2]CC)([CH2]CC)([CH2]CC)([CH2]CCC)[CH2]CCC. The van der Waals surface area contributed by atoms with Gasteiger partial charge in [-0.3, -0.25) is 0 Å². The standard InChI is InChI=1S/3C4H9.3C3H7.Hf/c3*1-3-4-2;3*1-3-2;/h3*1,3-4H2,2H3;3*1,3H2,2H3;. The van der Waals surface area contributed by atoms with Crippen LogP contribution in [0.3, 0.4) is 0 Å². The van der Waals surface area contributed by atoms with Gasteiger partial charge in [0.15, 0.2) is 0 Å². The van der Waals surface area contributed by atoms with E-state index in [2.05, 4.69) is 41.5 Å². The van der Waals surface area contributed by atoms with Gasteiger partial charge in [0.05, 0.1) is 0 Å². The summed E-state index contributed by atoms with van der Waals surface area (Å²) in [5.41, 5.74) is 0. The van der Waals surface area contributed by atoms with Crippen LogP contribution in [0.25, 0.3) is 0 Å². The summed E-state index contributed by atoms with van der Waals surface area (Å²) in [6, 6.07) is 0. The molecule has 0 unspecified atom stereocenters. The van der Waals surface area contributed by atoms with Crippen LogP contribution in [-0.4, -0.2) is 0 Å². The van der Waals surface area contributed by atoms with E-state index in [0.29, 0.717) is 0 Å². The fourth-order valence-electron chi connectivity index (χ4n) is 6.93. The molecule has 0 bridgehead atoms. The Kier molecular flexibility index (Phi) is 10.4. The second kappa shape index (κ2) is 10.00. The molecule has 22 heavy (non-hydrogen) atoms. The van der Waals surface area contributed by atoms with Crippen molar-refractivity contribution in [3.63, 3.8) is 0 Å². The molecule has 0 aromatic rings. The van der Waals surface area contributed by atoms with Gasteiger partial charge < -0.3 is 0 Å². The zero-order valence-corrected chi connectivity index (χ0v) is 20.7. The van der Waals surface area contributed by atoms with Crippen LogP contribution in [-0.2, 0) is 17.0 Å². The van der Waals surface area contributed by atoms with E-state index in [9.17, 15) is 0 Å². The van der Waals surface area contributed by atoms with Crippen molar-refractivity contribution >= 4 is 0 Å². The van der Waals surface area contributed by atoms with Gasteiger partial charge in [-0.2, -0.15) is 0 Å². The molecular formula is C21H48Hf. The van der Waals surface area contributed by atoms with E-state index in [4.69, 9.17) is 0 Å². The first kappa shape index (κ1) is 22.9. The molecule has 0 atom stereocenters. The van der Waals surface area contributed by atoms with Crippen LogP contribution in [0.5, 0.6) is 0 Å². The Morgan fingerprint density at radius 2 is 0.636 bits per heavy atom. The number of hydrogen-bond acceptors (Lipinski definition) is 0. The van der Waals surface area contributed by atoms with Crippen molar-refractivity contribution < 1.29 is 17.0 Å². The average Bonchev–Trinajstić information content (AvgIpc) is 2.51. The summed E-state index contributed by atoms with van der Waals surface area (Å²) in [5.74, 6) is 0. The fourth-order valence-corrected chi connectivity index (χ4v) is 56.7. The molecule has 0 aromatic heterocycles. The molecule has 0 fully saturated rings. The van der Waals surface area contributed by atoms with Gasteiger partial charge in [0.25, 0.3) is 0 Å². The van der Waals surface area contributed by atoms with Crippen LogP contribution in [0, 0.1) is 0 Å². The Balaban J connectivity index is 6.08. The molecule has 0 aliphatic heterocycles. The molecule has 0 N–H and O–H groups in total. The zero-order chi connectivity index (χ0) is 17.0. The summed E-state index contributed by atoms with van der Waals surface area (Å²) in [6.07, 6.45) is 13.2. The van der Waals surface area contributed by atoms with Crippen molar-refractivity contribution in [2.24, 2.45) is 0 Å². The van der Waals surface area contributed by atoms with Crippen molar-refractivity contribution in [2.75, 3.05) is 0 Å². The molecule has 0 radical (unpaired) electrons. The first-order valence-corrected chi connectivity index (χ1v) is 26.1. The maximum absolute atomic E-state index is 3.26. The summed E-state index contributed by atoms with van der Waals surface area (Å²) in [7, 11) is 0. The Labute approximate surface area is 141 Å². The van der Waals surface area contributed by atoms with Gasteiger partial charge in [-0.15, -0.1) is 0 Å². The first-order valence-electron chi connectivity index (χ1n) is 10.9. The van der Waals surface area contributed by atoms with Gasteiger partial charge in [0.2, 0.25) is 0 Å². The molecule has 0 heterocycles. The summed E-state index contributed by atoms with van der Waals surface area (Å²) in [4.78, 5) is 0. The topological polar surface area (TPSA) is 0 Å². The predicted molar refractivity (Wildman–Crippen MR) is 104 cm³/mol. The minimum atomic E-state index is -3.26. The number of unbranched alkanes of at least 4 members (excludes halogenated alkanes) is 3. The molecule has 0 rings (SSSR count). The van der Waals surface area contributed by atoms with E-state index < -0.39 is 17.0 Å². The van der Waals surface area contributed by atoms with Crippen molar-refractivity contribution in [2.45, 2.75) is 124 Å². The van der Waals surface area contributed by atoms with E-state index in [-0.39, 0.29) is 0 Å². The fraction of sp³-hybridized carbons (Fsp3) is 1.00. The first-order chi connectivity index (χ1) is 10.5. The van der Waals surface area contributed by atoms with E-state index in [1.807, 2.05) is 0 Å². The number of rotatable bonds is 15. The molecule has 0 nitrogen and oxygen atoms in total. The van der Waals surface area contributed by atoms with Crippen LogP contribution in [0.1, 0.15) is 99.3 Å². The molecule has 0 aromatic carbocycles. The second-order valence-electron chi connectivity index (χ2n) is 9.31. The quantitative estimate of drug-likeness (QED) is 0.205. The molecule has 0 aliphatic carbocycles. The van der Waals surface area contributed by atoms with Gasteiger partial charge in [0.1, 0.15) is 0 Å². The van der Waals surface area contributed by atoms with Crippen LogP contribution >= 0.6 is 0 Å². The molecule has 136 valence electrons. The molecule has 0 aliphatic rings. The van der Waals surface area contributed by atoms with Crippen molar-refractivity contribution in [3.8, 4) is 0 Å². The molecule has 0 amide bonds. The Morgan fingerprint density at radius 3 is 0.818 bits per heavy atom. The summed E-state index contributed by atoms with van der Waals surface area (Å²) in [5, 5.41) is 0. The summed E-state index contributed by atoms with van der Waals surface area (Å²) in [6.45, 7) is 14.7. The second-order valence-corrected chi connectivity index (χ2v) is 47.0. The molecular weight excluding hydrogens is 431 g/mol. The van der Waals surface area contributed by atoms with E-state index in [1.54, 1.807) is 25.1 Å². The predicted octanol–water partition coefficient (Wildman–Crippen LogP) is 9.35. The van der Waals surface area contributed by atoms with Crippen LogP contribution in [0.4, 0.5) is 0 Å². The van der Waals surface area contributed by atoms with E-state index in [0.717, 1.165) is 0 Å². The van der Waals surface area contributed by atoms with Gasteiger partial charge in [-0.05, 0) is 0 Å². The summed E-state index contributed by atoms with van der Waals surface area (Å²) >= 11 is -3.26. The monoisotopic (exact) mass is 480 g/mol. The normalized spacial score (nSPS) is 15.5. The number of hydrogen-bond donors (Lipinski definition) is 0. The summed E-state index contributed by atoms with van der Waals surface area (Å²) < 4.78 is 10.1. The van der Waals surface area contributed by atoms with Gasteiger partial charge in [-0.1, -0.05) is 0 Å². The third kappa shape index (κ3) is 5.18. The third-order valence-corrected chi connectivity index (χ3v) is 55.0. The van der Waals surface area contributed by atoms with Crippen LogP contribution in [0.15, 0.2) is 0 Å². The molecule has 0 spiro atoms. The Hall–Kier alpha value is 0.870. The Bertz CT molecular complexity index is 238. The van der Waals surface area contributed by atoms with Crippen LogP contribution < -0.4 is 0 Å².